The monoisotopic (exact) mass is 653 g/mol. The van der Waals surface area contributed by atoms with Gasteiger partial charge in [0, 0.05) is 18.7 Å². The number of nitrogens with one attached hydrogen (secondary N) is 1. The third-order valence-corrected chi connectivity index (χ3v) is 10.1. The quantitative estimate of drug-likeness (QED) is 0.291. The Hall–Kier alpha value is -4.32. The molecule has 1 aliphatic heterocycles. The van der Waals surface area contributed by atoms with E-state index in [-0.39, 0.29) is 41.4 Å². The van der Waals surface area contributed by atoms with Gasteiger partial charge in [-0.1, -0.05) is 38.3 Å². The first-order chi connectivity index (χ1) is 22.2. The lowest BCUT2D eigenvalue weighted by Gasteiger charge is -2.34. The number of halogens is 1. The van der Waals surface area contributed by atoms with E-state index in [9.17, 15) is 22.4 Å². The van der Waals surface area contributed by atoms with Crippen LogP contribution in [0, 0.1) is 5.82 Å². The Bertz CT molecular complexity index is 1630. The van der Waals surface area contributed by atoms with E-state index in [0.29, 0.717) is 30.1 Å². The van der Waals surface area contributed by atoms with E-state index in [1.807, 2.05) is 13.0 Å². The lowest BCUT2D eigenvalue weighted by molar-refractivity contribution is -0.140. The van der Waals surface area contributed by atoms with E-state index >= 15 is 0 Å². The number of hydrogen-bond acceptors (Lipinski definition) is 7. The van der Waals surface area contributed by atoms with Crippen LogP contribution in [0.1, 0.15) is 51.0 Å². The van der Waals surface area contributed by atoms with Crippen molar-refractivity contribution in [1.29, 1.82) is 0 Å². The standard InChI is InChI=1S/C34H40FN3O7S/c1-3-30(34(40)36-26-9-5-4-6-10-26)37(22-24-8-7-11-28(20-24)43-2)33(39)23-38(27-14-12-25(35)13-15-27)46(41,42)29-16-17-31-32(21-29)45-19-18-44-31/h7-8,11-17,20-21,26,30H,3-6,9-10,18-19,22-23H2,1-2H3,(H,36,40)/t30-/m0/s1. The van der Waals surface area contributed by atoms with Gasteiger partial charge in [0.05, 0.1) is 17.7 Å². The van der Waals surface area contributed by atoms with Crippen LogP contribution < -0.4 is 23.8 Å². The number of hydrogen-bond donors (Lipinski definition) is 1. The molecule has 0 unspecified atom stereocenters. The molecule has 5 rings (SSSR count). The molecule has 0 radical (unpaired) electrons. The molecule has 0 spiro atoms. The predicted molar refractivity (Wildman–Crippen MR) is 171 cm³/mol. The van der Waals surface area contributed by atoms with Crippen molar-refractivity contribution in [3.8, 4) is 17.2 Å². The number of anilines is 1. The molecule has 246 valence electrons. The summed E-state index contributed by atoms with van der Waals surface area (Å²) in [6, 6.07) is 15.4. The molecule has 3 aromatic carbocycles. The van der Waals surface area contributed by atoms with Crippen LogP contribution in [0.3, 0.4) is 0 Å². The van der Waals surface area contributed by atoms with Crippen LogP contribution in [0.4, 0.5) is 10.1 Å². The number of sulfonamides is 1. The zero-order valence-corrected chi connectivity index (χ0v) is 26.9. The molecule has 0 aromatic heterocycles. The summed E-state index contributed by atoms with van der Waals surface area (Å²) in [5, 5.41) is 3.13. The Kier molecular flexibility index (Phi) is 10.7. The van der Waals surface area contributed by atoms with Crippen molar-refractivity contribution in [2.24, 2.45) is 0 Å². The summed E-state index contributed by atoms with van der Waals surface area (Å²) in [7, 11) is -2.84. The average Bonchev–Trinajstić information content (AvgIpc) is 3.07. The smallest absolute Gasteiger partial charge is 0.264 e. The summed E-state index contributed by atoms with van der Waals surface area (Å²) in [6.45, 7) is 1.82. The molecule has 0 saturated heterocycles. The maximum absolute atomic E-state index is 14.4. The first-order valence-corrected chi connectivity index (χ1v) is 17.0. The fourth-order valence-corrected chi connectivity index (χ4v) is 7.31. The summed E-state index contributed by atoms with van der Waals surface area (Å²) in [5.74, 6) is -0.181. The highest BCUT2D eigenvalue weighted by Gasteiger charge is 2.35. The number of benzene rings is 3. The molecule has 2 aliphatic rings. The topological polar surface area (TPSA) is 114 Å². The van der Waals surface area contributed by atoms with Crippen LogP contribution in [-0.4, -0.2) is 64.1 Å². The highest BCUT2D eigenvalue weighted by atomic mass is 32.2. The minimum atomic E-state index is -4.38. The van der Waals surface area contributed by atoms with Crippen molar-refractivity contribution in [3.63, 3.8) is 0 Å². The van der Waals surface area contributed by atoms with Gasteiger partial charge in [0.2, 0.25) is 11.8 Å². The maximum atomic E-state index is 14.4. The molecule has 10 nitrogen and oxygen atoms in total. The number of methoxy groups -OCH3 is 1. The van der Waals surface area contributed by atoms with Crippen molar-refractivity contribution in [2.45, 2.75) is 69.0 Å². The first-order valence-electron chi connectivity index (χ1n) is 15.6. The number of carbonyl (C=O) groups is 2. The molecule has 1 heterocycles. The molecular formula is C34H40FN3O7S. The Balaban J connectivity index is 1.50. The molecule has 1 atom stereocenters. The number of nitrogens with zero attached hydrogens (tertiary/aromatic N) is 2. The Morgan fingerprint density at radius 1 is 0.978 bits per heavy atom. The molecule has 46 heavy (non-hydrogen) atoms. The zero-order chi connectivity index (χ0) is 32.7. The van der Waals surface area contributed by atoms with Gasteiger partial charge in [0.15, 0.2) is 11.5 Å². The fraction of sp³-hybridized carbons (Fsp3) is 0.412. The average molecular weight is 654 g/mol. The normalized spacial score (nSPS) is 15.5. The number of ether oxygens (including phenoxy) is 3. The summed E-state index contributed by atoms with van der Waals surface area (Å²) in [6.07, 6.45) is 5.23. The largest absolute Gasteiger partial charge is 0.497 e. The third kappa shape index (κ3) is 7.72. The van der Waals surface area contributed by atoms with Gasteiger partial charge < -0.3 is 24.4 Å². The van der Waals surface area contributed by atoms with Crippen LogP contribution in [0.25, 0.3) is 0 Å². The summed E-state index contributed by atoms with van der Waals surface area (Å²) < 4.78 is 59.9. The highest BCUT2D eigenvalue weighted by molar-refractivity contribution is 7.92. The van der Waals surface area contributed by atoms with Crippen molar-refractivity contribution in [1.82, 2.24) is 10.2 Å². The predicted octanol–water partition coefficient (Wildman–Crippen LogP) is 5.06. The minimum absolute atomic E-state index is 0.0235. The highest BCUT2D eigenvalue weighted by Crippen LogP contribution is 2.34. The SMILES string of the molecule is CC[C@@H](C(=O)NC1CCCCC1)N(Cc1cccc(OC)c1)C(=O)CN(c1ccc(F)cc1)S(=O)(=O)c1ccc2c(c1)OCCO2. The minimum Gasteiger partial charge on any atom is -0.497 e. The summed E-state index contributed by atoms with van der Waals surface area (Å²) >= 11 is 0. The summed E-state index contributed by atoms with van der Waals surface area (Å²) in [5.41, 5.74) is 0.797. The molecule has 1 fully saturated rings. The number of rotatable bonds is 12. The Morgan fingerprint density at radius 2 is 1.70 bits per heavy atom. The van der Waals surface area contributed by atoms with Gasteiger partial charge in [-0.3, -0.25) is 13.9 Å². The molecule has 1 N–H and O–H groups in total. The van der Waals surface area contributed by atoms with Crippen LogP contribution in [0.15, 0.2) is 71.6 Å². The molecule has 1 aliphatic carbocycles. The number of amides is 2. The zero-order valence-electron chi connectivity index (χ0n) is 26.1. The second-order valence-corrected chi connectivity index (χ2v) is 13.3. The summed E-state index contributed by atoms with van der Waals surface area (Å²) in [4.78, 5) is 29.4. The number of fused-ring (bicyclic) bond motifs is 1. The van der Waals surface area contributed by atoms with E-state index in [1.165, 1.54) is 42.3 Å². The Labute approximate surface area is 269 Å². The van der Waals surface area contributed by atoms with Gasteiger partial charge in [-0.2, -0.15) is 0 Å². The van der Waals surface area contributed by atoms with Gasteiger partial charge in [-0.25, -0.2) is 12.8 Å². The van der Waals surface area contributed by atoms with Gasteiger partial charge in [0.25, 0.3) is 10.0 Å². The lowest BCUT2D eigenvalue weighted by Crippen LogP contribution is -2.54. The van der Waals surface area contributed by atoms with Crippen LogP contribution >= 0.6 is 0 Å². The van der Waals surface area contributed by atoms with Crippen molar-refractivity contribution in [3.05, 3.63) is 78.1 Å². The molecule has 2 amide bonds. The number of carbonyl (C=O) groups excluding carboxylic acids is 2. The van der Waals surface area contributed by atoms with E-state index in [0.717, 1.165) is 48.5 Å². The third-order valence-electron chi connectivity index (χ3n) is 8.32. The van der Waals surface area contributed by atoms with E-state index in [2.05, 4.69) is 5.32 Å². The molecule has 3 aromatic rings. The molecule has 12 heteroatoms. The fourth-order valence-electron chi connectivity index (χ4n) is 5.88. The van der Waals surface area contributed by atoms with E-state index < -0.39 is 34.3 Å². The van der Waals surface area contributed by atoms with Gasteiger partial charge in [0.1, 0.15) is 37.4 Å². The van der Waals surface area contributed by atoms with Crippen molar-refractivity contribution >= 4 is 27.5 Å². The van der Waals surface area contributed by atoms with Gasteiger partial charge in [-0.15, -0.1) is 0 Å². The van der Waals surface area contributed by atoms with Crippen molar-refractivity contribution in [2.75, 3.05) is 31.2 Å². The molecule has 1 saturated carbocycles. The second-order valence-electron chi connectivity index (χ2n) is 11.4. The van der Waals surface area contributed by atoms with E-state index in [1.54, 1.807) is 18.2 Å². The van der Waals surface area contributed by atoms with Crippen LogP contribution in [0.5, 0.6) is 17.2 Å². The van der Waals surface area contributed by atoms with Crippen molar-refractivity contribution < 1.29 is 36.6 Å². The van der Waals surface area contributed by atoms with Crippen LogP contribution in [0.2, 0.25) is 0 Å². The van der Waals surface area contributed by atoms with Gasteiger partial charge in [-0.05, 0) is 73.4 Å². The van der Waals surface area contributed by atoms with E-state index in [4.69, 9.17) is 14.2 Å². The van der Waals surface area contributed by atoms with Gasteiger partial charge >= 0.3 is 0 Å². The molecular weight excluding hydrogens is 613 g/mol. The lowest BCUT2D eigenvalue weighted by atomic mass is 9.95. The maximum Gasteiger partial charge on any atom is 0.264 e. The molecule has 0 bridgehead atoms. The Morgan fingerprint density at radius 3 is 2.39 bits per heavy atom. The van der Waals surface area contributed by atoms with Crippen LogP contribution in [-0.2, 0) is 26.2 Å². The first kappa shape index (κ1) is 33.1. The second kappa shape index (κ2) is 14.8.